The summed E-state index contributed by atoms with van der Waals surface area (Å²) in [7, 11) is 0. The Morgan fingerprint density at radius 1 is 1.24 bits per heavy atom. The van der Waals surface area contributed by atoms with E-state index in [4.69, 9.17) is 9.47 Å². The monoisotopic (exact) mass is 321 g/mol. The first-order valence-electron chi connectivity index (χ1n) is 5.92. The average Bonchev–Trinajstić information content (AvgIpc) is 2.72. The highest BCUT2D eigenvalue weighted by Gasteiger charge is 2.25. The van der Waals surface area contributed by atoms with Crippen molar-refractivity contribution in [3.63, 3.8) is 0 Å². The molecule has 0 aliphatic rings. The summed E-state index contributed by atoms with van der Waals surface area (Å²) in [6.07, 6.45) is -0.240. The molecule has 0 saturated heterocycles. The summed E-state index contributed by atoms with van der Waals surface area (Å²) in [5.74, 6) is 0. The van der Waals surface area contributed by atoms with Crippen LogP contribution in [0.4, 0.5) is 0 Å². The third-order valence-electron chi connectivity index (χ3n) is 2.34. The molecule has 1 rings (SSSR count). The van der Waals surface area contributed by atoms with Gasteiger partial charge >= 0.3 is 0 Å². The molecular weight excluding hydrogens is 302 g/mol. The van der Waals surface area contributed by atoms with Crippen molar-refractivity contribution in [2.45, 2.75) is 33.1 Å². The molecule has 1 atom stereocenters. The van der Waals surface area contributed by atoms with Gasteiger partial charge in [-0.05, 0) is 47.3 Å². The minimum Gasteiger partial charge on any atom is -0.351 e. The Labute approximate surface area is 116 Å². The summed E-state index contributed by atoms with van der Waals surface area (Å²) in [5, 5.41) is 7.63. The zero-order valence-electron chi connectivity index (χ0n) is 10.5. The van der Waals surface area contributed by atoms with Gasteiger partial charge in [0.05, 0.1) is 6.04 Å². The maximum absolute atomic E-state index is 5.67. The van der Waals surface area contributed by atoms with Crippen LogP contribution in [0, 0.1) is 0 Å². The number of hydrogen-bond acceptors (Lipinski definition) is 4. The van der Waals surface area contributed by atoms with E-state index in [2.05, 4.69) is 38.9 Å². The minimum atomic E-state index is -0.240. The molecule has 0 aromatic carbocycles. The molecule has 1 aromatic rings. The van der Waals surface area contributed by atoms with E-state index >= 15 is 0 Å². The van der Waals surface area contributed by atoms with E-state index in [0.717, 1.165) is 11.0 Å². The molecule has 0 saturated carbocycles. The van der Waals surface area contributed by atoms with Gasteiger partial charge in [-0.3, -0.25) is 0 Å². The van der Waals surface area contributed by atoms with Crippen molar-refractivity contribution in [3.05, 3.63) is 20.8 Å². The van der Waals surface area contributed by atoms with Crippen molar-refractivity contribution < 1.29 is 9.47 Å². The van der Waals surface area contributed by atoms with Crippen molar-refractivity contribution in [3.8, 4) is 0 Å². The molecule has 0 fully saturated rings. The fourth-order valence-electron chi connectivity index (χ4n) is 1.66. The van der Waals surface area contributed by atoms with Crippen molar-refractivity contribution in [1.29, 1.82) is 0 Å². The summed E-state index contributed by atoms with van der Waals surface area (Å²) in [4.78, 5) is 0. The molecule has 0 amide bonds. The highest BCUT2D eigenvalue weighted by Crippen LogP contribution is 2.30. The van der Waals surface area contributed by atoms with E-state index < -0.39 is 0 Å². The Kier molecular flexibility index (Phi) is 7.30. The lowest BCUT2D eigenvalue weighted by Gasteiger charge is -2.27. The van der Waals surface area contributed by atoms with Gasteiger partial charge in [0, 0.05) is 23.1 Å². The molecule has 3 nitrogen and oxygen atoms in total. The Morgan fingerprint density at radius 3 is 2.29 bits per heavy atom. The van der Waals surface area contributed by atoms with Gasteiger partial charge in [-0.1, -0.05) is 6.92 Å². The topological polar surface area (TPSA) is 30.5 Å². The second kappa shape index (κ2) is 8.21. The molecular formula is C12H20BrNO2S. The van der Waals surface area contributed by atoms with Crippen LogP contribution >= 0.6 is 27.3 Å². The molecule has 1 unspecified atom stereocenters. The molecule has 98 valence electrons. The second-order valence-electron chi connectivity index (χ2n) is 3.49. The maximum Gasteiger partial charge on any atom is 0.176 e. The van der Waals surface area contributed by atoms with Crippen molar-refractivity contribution in [1.82, 2.24) is 5.32 Å². The summed E-state index contributed by atoms with van der Waals surface area (Å²) >= 11 is 5.24. The lowest BCUT2D eigenvalue weighted by molar-refractivity contribution is -0.155. The number of halogens is 1. The number of nitrogens with one attached hydrogen (secondary N) is 1. The third kappa shape index (κ3) is 4.34. The Morgan fingerprint density at radius 2 is 1.88 bits per heavy atom. The van der Waals surface area contributed by atoms with E-state index in [9.17, 15) is 0 Å². The molecule has 17 heavy (non-hydrogen) atoms. The average molecular weight is 322 g/mol. The van der Waals surface area contributed by atoms with E-state index in [1.165, 1.54) is 5.56 Å². The lowest BCUT2D eigenvalue weighted by atomic mass is 10.1. The number of ether oxygens (including phenoxy) is 2. The van der Waals surface area contributed by atoms with Crippen LogP contribution in [0.3, 0.4) is 0 Å². The highest BCUT2D eigenvalue weighted by molar-refractivity contribution is 9.10. The van der Waals surface area contributed by atoms with E-state index in [1.54, 1.807) is 11.3 Å². The van der Waals surface area contributed by atoms with Crippen LogP contribution in [0.2, 0.25) is 0 Å². The summed E-state index contributed by atoms with van der Waals surface area (Å²) in [6, 6.07) is 0.0699. The van der Waals surface area contributed by atoms with Crippen LogP contribution < -0.4 is 5.32 Å². The SMILES string of the molecule is CCNC(c1cscc1Br)C(OCC)OCC. The van der Waals surface area contributed by atoms with Gasteiger partial charge in [-0.15, -0.1) is 0 Å². The van der Waals surface area contributed by atoms with Crippen LogP contribution in [-0.2, 0) is 9.47 Å². The smallest absolute Gasteiger partial charge is 0.176 e. The fourth-order valence-corrected chi connectivity index (χ4v) is 3.24. The molecule has 5 heteroatoms. The number of rotatable bonds is 8. The van der Waals surface area contributed by atoms with Gasteiger partial charge in [0.15, 0.2) is 6.29 Å². The van der Waals surface area contributed by atoms with Crippen molar-refractivity contribution in [2.75, 3.05) is 19.8 Å². The van der Waals surface area contributed by atoms with E-state index in [0.29, 0.717) is 13.2 Å². The summed E-state index contributed by atoms with van der Waals surface area (Å²) < 4.78 is 12.5. The Hall–Kier alpha value is 0.0600. The molecule has 1 heterocycles. The number of hydrogen-bond donors (Lipinski definition) is 1. The van der Waals surface area contributed by atoms with Crippen LogP contribution in [0.25, 0.3) is 0 Å². The fraction of sp³-hybridized carbons (Fsp3) is 0.667. The molecule has 1 aromatic heterocycles. The van der Waals surface area contributed by atoms with E-state index in [-0.39, 0.29) is 12.3 Å². The third-order valence-corrected chi connectivity index (χ3v) is 4.09. The van der Waals surface area contributed by atoms with Gasteiger partial charge < -0.3 is 14.8 Å². The molecule has 0 aliphatic carbocycles. The van der Waals surface area contributed by atoms with Gasteiger partial charge in [0.25, 0.3) is 0 Å². The summed E-state index contributed by atoms with van der Waals surface area (Å²) in [6.45, 7) is 8.23. The minimum absolute atomic E-state index is 0.0699. The quantitative estimate of drug-likeness (QED) is 0.742. The van der Waals surface area contributed by atoms with Gasteiger partial charge in [-0.2, -0.15) is 11.3 Å². The molecule has 0 spiro atoms. The Balaban J connectivity index is 2.85. The van der Waals surface area contributed by atoms with Gasteiger partial charge in [0.2, 0.25) is 0 Å². The lowest BCUT2D eigenvalue weighted by Crippen LogP contribution is -2.35. The van der Waals surface area contributed by atoms with Crippen LogP contribution in [-0.4, -0.2) is 26.0 Å². The van der Waals surface area contributed by atoms with Crippen LogP contribution in [0.1, 0.15) is 32.4 Å². The van der Waals surface area contributed by atoms with Gasteiger partial charge in [-0.25, -0.2) is 0 Å². The van der Waals surface area contributed by atoms with Crippen LogP contribution in [0.5, 0.6) is 0 Å². The largest absolute Gasteiger partial charge is 0.351 e. The predicted octanol–water partition coefficient (Wildman–Crippen LogP) is 3.56. The molecule has 0 radical (unpaired) electrons. The first-order chi connectivity index (χ1) is 8.24. The number of likely N-dealkylation sites (N-methyl/N-ethyl adjacent to an activating group) is 1. The first kappa shape index (κ1) is 15.1. The highest BCUT2D eigenvalue weighted by atomic mass is 79.9. The van der Waals surface area contributed by atoms with Crippen molar-refractivity contribution in [2.24, 2.45) is 0 Å². The Bertz CT molecular complexity index is 313. The second-order valence-corrected chi connectivity index (χ2v) is 5.09. The standard InChI is InChI=1S/C12H20BrNO2S/c1-4-14-11(9-7-17-8-10(9)13)12(15-5-2)16-6-3/h7-8,11-12,14H,4-6H2,1-3H3. The van der Waals surface area contributed by atoms with Crippen molar-refractivity contribution >= 4 is 27.3 Å². The number of thiophene rings is 1. The van der Waals surface area contributed by atoms with Gasteiger partial charge in [0.1, 0.15) is 0 Å². The first-order valence-corrected chi connectivity index (χ1v) is 7.66. The normalized spacial score (nSPS) is 13.2. The van der Waals surface area contributed by atoms with Crippen LogP contribution in [0.15, 0.2) is 15.2 Å². The zero-order chi connectivity index (χ0) is 12.7. The van der Waals surface area contributed by atoms with E-state index in [1.807, 2.05) is 13.8 Å². The molecule has 0 aliphatic heterocycles. The molecule has 0 bridgehead atoms. The predicted molar refractivity (Wildman–Crippen MR) is 75.5 cm³/mol. The zero-order valence-corrected chi connectivity index (χ0v) is 12.9. The molecule has 1 N–H and O–H groups in total. The summed E-state index contributed by atoms with van der Waals surface area (Å²) in [5.41, 5.74) is 1.20. The maximum atomic E-state index is 5.67.